The second-order valence-corrected chi connectivity index (χ2v) is 8.93. The molecule has 0 unspecified atom stereocenters. The van der Waals surface area contributed by atoms with E-state index in [1.165, 1.54) is 6.42 Å². The lowest BCUT2D eigenvalue weighted by Gasteiger charge is -2.26. The van der Waals surface area contributed by atoms with Crippen molar-refractivity contribution < 1.29 is 13.2 Å². The van der Waals surface area contributed by atoms with Gasteiger partial charge in [-0.1, -0.05) is 31.4 Å². The van der Waals surface area contributed by atoms with Gasteiger partial charge in [-0.2, -0.15) is 0 Å². The lowest BCUT2D eigenvalue weighted by molar-refractivity contribution is 0.100. The van der Waals surface area contributed by atoms with Crippen LogP contribution in [-0.2, 0) is 15.6 Å². The SMILES string of the molecule is Cc1nc(S(=O)(=O)Cc2ccc(C(N)=O)cc2)n(C2CCCCC2)c1C. The Bertz CT molecular complexity index is 908. The van der Waals surface area contributed by atoms with Gasteiger partial charge in [-0.05, 0) is 44.4 Å². The number of aromatic nitrogens is 2. The number of rotatable bonds is 5. The van der Waals surface area contributed by atoms with Crippen LogP contribution >= 0.6 is 0 Å². The van der Waals surface area contributed by atoms with Crippen LogP contribution in [0.4, 0.5) is 0 Å². The highest BCUT2D eigenvalue weighted by Gasteiger charge is 2.29. The molecule has 1 fully saturated rings. The van der Waals surface area contributed by atoms with Crippen molar-refractivity contribution in [2.24, 2.45) is 5.73 Å². The Morgan fingerprint density at radius 2 is 1.77 bits per heavy atom. The first kappa shape index (κ1) is 18.6. The highest BCUT2D eigenvalue weighted by Crippen LogP contribution is 2.33. The highest BCUT2D eigenvalue weighted by atomic mass is 32.2. The summed E-state index contributed by atoms with van der Waals surface area (Å²) in [6, 6.07) is 6.57. The number of primary amides is 1. The van der Waals surface area contributed by atoms with E-state index >= 15 is 0 Å². The van der Waals surface area contributed by atoms with E-state index in [0.29, 0.717) is 11.1 Å². The smallest absolute Gasteiger partial charge is 0.248 e. The van der Waals surface area contributed by atoms with Crippen LogP contribution in [0, 0.1) is 13.8 Å². The van der Waals surface area contributed by atoms with E-state index in [1.807, 2.05) is 18.4 Å². The third-order valence-electron chi connectivity index (χ3n) is 5.17. The molecule has 1 aliphatic carbocycles. The number of nitrogens with two attached hydrogens (primary N) is 1. The Hall–Kier alpha value is -2.15. The summed E-state index contributed by atoms with van der Waals surface area (Å²) >= 11 is 0. The number of imidazole rings is 1. The van der Waals surface area contributed by atoms with Crippen molar-refractivity contribution in [1.82, 2.24) is 9.55 Å². The number of nitrogens with zero attached hydrogens (tertiary/aromatic N) is 2. The van der Waals surface area contributed by atoms with Gasteiger partial charge in [0.2, 0.25) is 20.9 Å². The van der Waals surface area contributed by atoms with E-state index in [1.54, 1.807) is 24.3 Å². The number of carbonyl (C=O) groups excluding carboxylic acids is 1. The first-order valence-electron chi connectivity index (χ1n) is 8.96. The predicted octanol–water partition coefficient (Wildman–Crippen LogP) is 3.08. The van der Waals surface area contributed by atoms with Crippen LogP contribution in [0.5, 0.6) is 0 Å². The molecular weight excluding hydrogens is 350 g/mol. The van der Waals surface area contributed by atoms with Crippen LogP contribution in [0.15, 0.2) is 29.4 Å². The molecule has 2 aromatic rings. The van der Waals surface area contributed by atoms with Crippen LogP contribution in [0.1, 0.15) is 65.5 Å². The molecule has 1 amide bonds. The Kier molecular flexibility index (Phi) is 5.18. The topological polar surface area (TPSA) is 95.1 Å². The molecule has 0 aliphatic heterocycles. The molecule has 7 heteroatoms. The maximum atomic E-state index is 13.1. The summed E-state index contributed by atoms with van der Waals surface area (Å²) in [7, 11) is -3.59. The van der Waals surface area contributed by atoms with Crippen molar-refractivity contribution in [2.45, 2.75) is 62.9 Å². The lowest BCUT2D eigenvalue weighted by atomic mass is 9.95. The molecule has 1 saturated carbocycles. The van der Waals surface area contributed by atoms with Crippen molar-refractivity contribution in [3.05, 3.63) is 46.8 Å². The molecule has 0 atom stereocenters. The number of aryl methyl sites for hydroxylation is 1. The van der Waals surface area contributed by atoms with Gasteiger partial charge in [-0.25, -0.2) is 13.4 Å². The predicted molar refractivity (Wildman–Crippen MR) is 99.7 cm³/mol. The Labute approximate surface area is 154 Å². The number of benzene rings is 1. The zero-order valence-corrected chi connectivity index (χ0v) is 16.1. The van der Waals surface area contributed by atoms with Gasteiger partial charge in [0.1, 0.15) is 0 Å². The quantitative estimate of drug-likeness (QED) is 0.869. The van der Waals surface area contributed by atoms with E-state index in [2.05, 4.69) is 4.98 Å². The second-order valence-electron chi connectivity index (χ2n) is 7.05. The van der Waals surface area contributed by atoms with Crippen LogP contribution in [0.3, 0.4) is 0 Å². The number of hydrogen-bond acceptors (Lipinski definition) is 4. The van der Waals surface area contributed by atoms with Gasteiger partial charge < -0.3 is 10.3 Å². The van der Waals surface area contributed by atoms with Gasteiger partial charge in [0.15, 0.2) is 0 Å². The molecule has 6 nitrogen and oxygen atoms in total. The first-order valence-corrected chi connectivity index (χ1v) is 10.6. The largest absolute Gasteiger partial charge is 0.366 e. The molecular formula is C19H25N3O3S. The van der Waals surface area contributed by atoms with Gasteiger partial charge in [0.05, 0.1) is 11.4 Å². The van der Waals surface area contributed by atoms with Gasteiger partial charge in [0.25, 0.3) is 0 Å². The molecule has 1 aromatic heterocycles. The second kappa shape index (κ2) is 7.23. The molecule has 0 bridgehead atoms. The van der Waals surface area contributed by atoms with Gasteiger partial charge in [0, 0.05) is 17.3 Å². The molecule has 0 radical (unpaired) electrons. The monoisotopic (exact) mass is 375 g/mol. The molecule has 1 aromatic carbocycles. The number of sulfone groups is 1. The van der Waals surface area contributed by atoms with Crippen molar-refractivity contribution in [1.29, 1.82) is 0 Å². The number of carbonyl (C=O) groups is 1. The molecule has 140 valence electrons. The average Bonchev–Trinajstić information content (AvgIpc) is 2.92. The lowest BCUT2D eigenvalue weighted by Crippen LogP contribution is -2.20. The highest BCUT2D eigenvalue weighted by molar-refractivity contribution is 7.90. The summed E-state index contributed by atoms with van der Waals surface area (Å²) in [5.74, 6) is -0.673. The normalized spacial score (nSPS) is 15.9. The van der Waals surface area contributed by atoms with Crippen LogP contribution < -0.4 is 5.73 Å². The summed E-state index contributed by atoms with van der Waals surface area (Å²) in [6.45, 7) is 3.80. The van der Waals surface area contributed by atoms with Gasteiger partial charge >= 0.3 is 0 Å². The van der Waals surface area contributed by atoms with Crippen molar-refractivity contribution in [3.63, 3.8) is 0 Å². The summed E-state index contributed by atoms with van der Waals surface area (Å²) in [6.07, 6.45) is 5.43. The molecule has 0 spiro atoms. The van der Waals surface area contributed by atoms with Gasteiger partial charge in [-0.15, -0.1) is 0 Å². The molecule has 26 heavy (non-hydrogen) atoms. The maximum Gasteiger partial charge on any atom is 0.248 e. The minimum absolute atomic E-state index is 0.144. The summed E-state index contributed by atoms with van der Waals surface area (Å²) in [4.78, 5) is 15.6. The summed E-state index contributed by atoms with van der Waals surface area (Å²) in [5, 5.41) is 0.165. The fraction of sp³-hybridized carbons (Fsp3) is 0.474. The van der Waals surface area contributed by atoms with E-state index in [4.69, 9.17) is 5.73 Å². The van der Waals surface area contributed by atoms with Crippen LogP contribution in [-0.4, -0.2) is 23.9 Å². The Morgan fingerprint density at radius 3 is 2.35 bits per heavy atom. The van der Waals surface area contributed by atoms with Crippen molar-refractivity contribution >= 4 is 15.7 Å². The van der Waals surface area contributed by atoms with Crippen molar-refractivity contribution in [2.75, 3.05) is 0 Å². The van der Waals surface area contributed by atoms with Crippen LogP contribution in [0.2, 0.25) is 0 Å². The van der Waals surface area contributed by atoms with E-state index in [0.717, 1.165) is 37.1 Å². The van der Waals surface area contributed by atoms with E-state index in [-0.39, 0.29) is 17.0 Å². The molecule has 2 N–H and O–H groups in total. The zero-order chi connectivity index (χ0) is 18.9. The minimum Gasteiger partial charge on any atom is -0.366 e. The molecule has 3 rings (SSSR count). The number of hydrogen-bond donors (Lipinski definition) is 1. The van der Waals surface area contributed by atoms with Gasteiger partial charge in [-0.3, -0.25) is 4.79 Å². The molecule has 1 heterocycles. The molecule has 1 aliphatic rings. The standard InChI is InChI=1S/C19H25N3O3S/c1-13-14(2)22(17-6-4-3-5-7-17)19(21-13)26(24,25)12-15-8-10-16(11-9-15)18(20)23/h8-11,17H,3-7,12H2,1-2H3,(H2,20,23). The van der Waals surface area contributed by atoms with Crippen molar-refractivity contribution in [3.8, 4) is 0 Å². The van der Waals surface area contributed by atoms with E-state index in [9.17, 15) is 13.2 Å². The first-order chi connectivity index (χ1) is 12.3. The third-order valence-corrected chi connectivity index (χ3v) is 6.73. The maximum absolute atomic E-state index is 13.1. The fourth-order valence-corrected chi connectivity index (χ4v) is 5.26. The Balaban J connectivity index is 1.94. The third kappa shape index (κ3) is 3.67. The summed E-state index contributed by atoms with van der Waals surface area (Å²) < 4.78 is 28.1. The Morgan fingerprint density at radius 1 is 1.15 bits per heavy atom. The summed E-state index contributed by atoms with van der Waals surface area (Å²) in [5.41, 5.74) is 7.90. The van der Waals surface area contributed by atoms with Crippen LogP contribution in [0.25, 0.3) is 0 Å². The minimum atomic E-state index is -3.59. The molecule has 0 saturated heterocycles. The number of amides is 1. The fourth-order valence-electron chi connectivity index (χ4n) is 3.63. The average molecular weight is 375 g/mol. The zero-order valence-electron chi connectivity index (χ0n) is 15.2. The van der Waals surface area contributed by atoms with E-state index < -0.39 is 15.7 Å².